The van der Waals surface area contributed by atoms with E-state index in [1.165, 1.54) is 36.2 Å². The summed E-state index contributed by atoms with van der Waals surface area (Å²) in [6, 6.07) is 2.23. The first-order valence-corrected chi connectivity index (χ1v) is 12.7. The molecule has 9 heteroatoms. The van der Waals surface area contributed by atoms with Crippen molar-refractivity contribution in [2.45, 2.75) is 64.0 Å². The van der Waals surface area contributed by atoms with Crippen LogP contribution < -0.4 is 10.9 Å². The number of piperidine rings is 1. The van der Waals surface area contributed by atoms with Gasteiger partial charge in [-0.3, -0.25) is 9.36 Å². The number of aryl methyl sites for hydroxylation is 1. The van der Waals surface area contributed by atoms with Gasteiger partial charge in [-0.25, -0.2) is 17.7 Å². The summed E-state index contributed by atoms with van der Waals surface area (Å²) in [4.78, 5) is 22.4. The Kier molecular flexibility index (Phi) is 4.66. The molecule has 1 saturated heterocycles. The zero-order valence-electron chi connectivity index (χ0n) is 17.6. The minimum absolute atomic E-state index is 0.0618. The van der Waals surface area contributed by atoms with Crippen molar-refractivity contribution >= 4 is 27.0 Å². The van der Waals surface area contributed by atoms with E-state index >= 15 is 0 Å². The average Bonchev–Trinajstić information content (AvgIpc) is 3.36. The fraction of sp³-hybridized carbons (Fsp3) is 0.667. The second-order valence-electron chi connectivity index (χ2n) is 9.33. The molecule has 30 heavy (non-hydrogen) atoms. The summed E-state index contributed by atoms with van der Waals surface area (Å²) in [5.41, 5.74) is 1.81. The Balaban J connectivity index is 1.45. The summed E-state index contributed by atoms with van der Waals surface area (Å²) < 4.78 is 26.9. The minimum atomic E-state index is -3.14. The number of hydrogen-bond donors (Lipinski definition) is 1. The lowest BCUT2D eigenvalue weighted by atomic mass is 9.99. The fourth-order valence-corrected chi connectivity index (χ4v) is 6.27. The van der Waals surface area contributed by atoms with E-state index in [2.05, 4.69) is 10.3 Å². The Morgan fingerprint density at radius 2 is 1.90 bits per heavy atom. The van der Waals surface area contributed by atoms with E-state index in [0.29, 0.717) is 37.3 Å². The quantitative estimate of drug-likeness (QED) is 0.799. The molecule has 2 aromatic rings. The fourth-order valence-electron chi connectivity index (χ4n) is 5.40. The third-order valence-corrected chi connectivity index (χ3v) is 8.57. The maximum absolute atomic E-state index is 13.1. The number of nitrogens with zero attached hydrogens (tertiary/aromatic N) is 4. The molecule has 1 atom stereocenters. The van der Waals surface area contributed by atoms with Crippen molar-refractivity contribution in [1.82, 2.24) is 18.8 Å². The van der Waals surface area contributed by atoms with Gasteiger partial charge in [0.1, 0.15) is 5.65 Å². The van der Waals surface area contributed by atoms with E-state index in [-0.39, 0.29) is 17.6 Å². The van der Waals surface area contributed by atoms with Crippen molar-refractivity contribution in [3.8, 4) is 0 Å². The highest BCUT2D eigenvalue weighted by molar-refractivity contribution is 7.88. The van der Waals surface area contributed by atoms with E-state index in [1.807, 2.05) is 17.6 Å². The highest BCUT2D eigenvalue weighted by Crippen LogP contribution is 2.63. The van der Waals surface area contributed by atoms with Crippen LogP contribution in [0.1, 0.15) is 56.6 Å². The molecule has 2 aromatic heterocycles. The number of sulfonamides is 1. The van der Waals surface area contributed by atoms with Crippen molar-refractivity contribution in [3.05, 3.63) is 28.2 Å². The molecule has 0 radical (unpaired) electrons. The summed E-state index contributed by atoms with van der Waals surface area (Å²) in [5, 5.41) is 4.27. The molecule has 3 fully saturated rings. The zero-order chi connectivity index (χ0) is 21.1. The standard InChI is InChI=1S/C21H29N5O3S/c1-14-12-15-13-22-20(23-16-5-10-25(11-6-16)30(2,28)29)24-18(15)26(19(14)27)17-4-3-7-21(17)8-9-21/h12-13,16-17H,3-11H2,1-2H3,(H,22,23,24). The van der Waals surface area contributed by atoms with E-state index in [4.69, 9.17) is 4.98 Å². The second-order valence-corrected chi connectivity index (χ2v) is 11.3. The molecule has 0 aromatic carbocycles. The smallest absolute Gasteiger partial charge is 0.255 e. The van der Waals surface area contributed by atoms with Crippen LogP contribution in [0.25, 0.3) is 11.0 Å². The van der Waals surface area contributed by atoms with Gasteiger partial charge in [-0.05, 0) is 56.9 Å². The number of aromatic nitrogens is 3. The van der Waals surface area contributed by atoms with Gasteiger partial charge in [-0.2, -0.15) is 4.98 Å². The lowest BCUT2D eigenvalue weighted by Gasteiger charge is -2.30. The van der Waals surface area contributed by atoms with Gasteiger partial charge in [0.05, 0.1) is 6.26 Å². The summed E-state index contributed by atoms with van der Waals surface area (Å²) in [6.07, 6.45) is 10.3. The molecule has 5 rings (SSSR count). The molecule has 1 unspecified atom stereocenters. The van der Waals surface area contributed by atoms with Crippen LogP contribution in [0.2, 0.25) is 0 Å². The van der Waals surface area contributed by atoms with Gasteiger partial charge in [0.2, 0.25) is 16.0 Å². The SMILES string of the molecule is Cc1cc2cnc(NC3CCN(S(C)(=O)=O)CC3)nc2n(C2CCCC23CC3)c1=O. The van der Waals surface area contributed by atoms with Crippen molar-refractivity contribution in [2.75, 3.05) is 24.7 Å². The van der Waals surface area contributed by atoms with E-state index in [0.717, 1.165) is 23.0 Å². The van der Waals surface area contributed by atoms with Crippen molar-refractivity contribution in [2.24, 2.45) is 5.41 Å². The van der Waals surface area contributed by atoms with Gasteiger partial charge in [0.15, 0.2) is 0 Å². The molecule has 2 saturated carbocycles. The lowest BCUT2D eigenvalue weighted by Crippen LogP contribution is -2.42. The monoisotopic (exact) mass is 431 g/mol. The number of pyridine rings is 1. The Morgan fingerprint density at radius 1 is 1.17 bits per heavy atom. The molecule has 1 spiro atoms. The Bertz CT molecular complexity index is 1150. The normalized spacial score (nSPS) is 24.5. The minimum Gasteiger partial charge on any atom is -0.351 e. The average molecular weight is 432 g/mol. The molecule has 3 heterocycles. The third kappa shape index (κ3) is 3.41. The van der Waals surface area contributed by atoms with Crippen LogP contribution in [0.15, 0.2) is 17.1 Å². The van der Waals surface area contributed by atoms with E-state index < -0.39 is 10.0 Å². The zero-order valence-corrected chi connectivity index (χ0v) is 18.4. The predicted molar refractivity (Wildman–Crippen MR) is 116 cm³/mol. The van der Waals surface area contributed by atoms with Gasteiger partial charge in [-0.1, -0.05) is 6.42 Å². The summed E-state index contributed by atoms with van der Waals surface area (Å²) in [7, 11) is -3.14. The topological polar surface area (TPSA) is 97.2 Å². The molecular formula is C21H29N5O3S. The van der Waals surface area contributed by atoms with Gasteiger partial charge < -0.3 is 5.32 Å². The third-order valence-electron chi connectivity index (χ3n) is 7.27. The molecule has 0 amide bonds. The Labute approximate surface area is 176 Å². The van der Waals surface area contributed by atoms with Crippen molar-refractivity contribution in [3.63, 3.8) is 0 Å². The molecule has 3 aliphatic rings. The van der Waals surface area contributed by atoms with Crippen LogP contribution in [-0.4, -0.2) is 52.6 Å². The Morgan fingerprint density at radius 3 is 2.57 bits per heavy atom. The number of rotatable bonds is 4. The van der Waals surface area contributed by atoms with E-state index in [9.17, 15) is 13.2 Å². The first kappa shape index (κ1) is 19.9. The highest BCUT2D eigenvalue weighted by Gasteiger charge is 2.53. The van der Waals surface area contributed by atoms with Crippen LogP contribution >= 0.6 is 0 Å². The Hall–Kier alpha value is -2.00. The van der Waals surface area contributed by atoms with Crippen LogP contribution in [0, 0.1) is 12.3 Å². The van der Waals surface area contributed by atoms with Crippen LogP contribution in [0.3, 0.4) is 0 Å². The maximum atomic E-state index is 13.1. The number of nitrogens with one attached hydrogen (secondary N) is 1. The molecule has 1 N–H and O–H groups in total. The van der Waals surface area contributed by atoms with Crippen LogP contribution in [0.4, 0.5) is 5.95 Å². The van der Waals surface area contributed by atoms with Crippen LogP contribution in [-0.2, 0) is 10.0 Å². The first-order chi connectivity index (χ1) is 14.3. The maximum Gasteiger partial charge on any atom is 0.255 e. The van der Waals surface area contributed by atoms with Crippen molar-refractivity contribution in [1.29, 1.82) is 0 Å². The van der Waals surface area contributed by atoms with Crippen molar-refractivity contribution < 1.29 is 8.42 Å². The van der Waals surface area contributed by atoms with Gasteiger partial charge in [0, 0.05) is 42.3 Å². The number of fused-ring (bicyclic) bond motifs is 1. The second kappa shape index (κ2) is 7.02. The predicted octanol–water partition coefficient (Wildman–Crippen LogP) is 2.44. The van der Waals surface area contributed by atoms with E-state index in [1.54, 1.807) is 6.20 Å². The number of hydrogen-bond acceptors (Lipinski definition) is 6. The van der Waals surface area contributed by atoms with Crippen LogP contribution in [0.5, 0.6) is 0 Å². The first-order valence-electron chi connectivity index (χ1n) is 10.9. The van der Waals surface area contributed by atoms with Gasteiger partial charge in [-0.15, -0.1) is 0 Å². The van der Waals surface area contributed by atoms with Gasteiger partial charge >= 0.3 is 0 Å². The summed E-state index contributed by atoms with van der Waals surface area (Å²) in [6.45, 7) is 2.87. The summed E-state index contributed by atoms with van der Waals surface area (Å²) >= 11 is 0. The largest absolute Gasteiger partial charge is 0.351 e. The molecular weight excluding hydrogens is 402 g/mol. The molecule has 1 aliphatic heterocycles. The lowest BCUT2D eigenvalue weighted by molar-refractivity contribution is 0.331. The molecule has 8 nitrogen and oxygen atoms in total. The summed E-state index contributed by atoms with van der Waals surface area (Å²) in [5.74, 6) is 0.514. The highest BCUT2D eigenvalue weighted by atomic mass is 32.2. The molecule has 2 aliphatic carbocycles. The van der Waals surface area contributed by atoms with Gasteiger partial charge in [0.25, 0.3) is 5.56 Å². The molecule has 0 bridgehead atoms. The molecule has 162 valence electrons. The number of anilines is 1.